The van der Waals surface area contributed by atoms with Crippen molar-refractivity contribution >= 4 is 22.7 Å². The van der Waals surface area contributed by atoms with Crippen LogP contribution in [0.25, 0.3) is 10.9 Å². The maximum Gasteiger partial charge on any atom is 0.0483 e. The fourth-order valence-corrected chi connectivity index (χ4v) is 3.14. The van der Waals surface area contributed by atoms with Crippen molar-refractivity contribution in [1.82, 2.24) is 9.88 Å². The average molecular weight is 290 g/mol. The first-order chi connectivity index (χ1) is 9.86. The highest BCUT2D eigenvalue weighted by Crippen LogP contribution is 2.21. The first kappa shape index (κ1) is 15.5. The Morgan fingerprint density at radius 3 is 2.90 bits per heavy atom. The van der Waals surface area contributed by atoms with E-state index in [-0.39, 0.29) is 0 Å². The van der Waals surface area contributed by atoms with Crippen molar-refractivity contribution in [2.75, 3.05) is 18.1 Å². The molecule has 0 radical (unpaired) electrons. The quantitative estimate of drug-likeness (QED) is 0.694. The van der Waals surface area contributed by atoms with Crippen molar-refractivity contribution in [3.8, 4) is 0 Å². The molecule has 0 aliphatic carbocycles. The number of aryl methyl sites for hydroxylation is 1. The molecule has 0 saturated heterocycles. The Kier molecular flexibility index (Phi) is 6.48. The zero-order valence-electron chi connectivity index (χ0n) is 12.7. The minimum Gasteiger partial charge on any atom is -0.347 e. The van der Waals surface area contributed by atoms with E-state index < -0.39 is 0 Å². The second kappa shape index (κ2) is 8.38. The van der Waals surface area contributed by atoms with Gasteiger partial charge < -0.3 is 9.88 Å². The number of thioether (sulfide) groups is 1. The predicted molar refractivity (Wildman–Crippen MR) is 91.6 cm³/mol. The van der Waals surface area contributed by atoms with Gasteiger partial charge in [0.15, 0.2) is 0 Å². The van der Waals surface area contributed by atoms with Gasteiger partial charge >= 0.3 is 0 Å². The maximum atomic E-state index is 3.50. The average Bonchev–Trinajstić information content (AvgIpc) is 2.88. The fourth-order valence-electron chi connectivity index (χ4n) is 2.52. The topological polar surface area (TPSA) is 17.0 Å². The summed E-state index contributed by atoms with van der Waals surface area (Å²) >= 11 is 2.03. The molecule has 0 atom stereocenters. The zero-order chi connectivity index (χ0) is 14.2. The fraction of sp³-hybridized carbons (Fsp3) is 0.529. The second-order valence-corrected chi connectivity index (χ2v) is 6.48. The lowest BCUT2D eigenvalue weighted by molar-refractivity contribution is 0.678. The van der Waals surface area contributed by atoms with Crippen molar-refractivity contribution in [2.45, 2.75) is 39.8 Å². The number of rotatable bonds is 9. The van der Waals surface area contributed by atoms with Crippen LogP contribution in [-0.4, -0.2) is 22.6 Å². The summed E-state index contributed by atoms with van der Waals surface area (Å²) < 4.78 is 2.40. The van der Waals surface area contributed by atoms with Crippen LogP contribution in [0.1, 0.15) is 32.3 Å². The molecule has 20 heavy (non-hydrogen) atoms. The number of nitrogens with zero attached hydrogens (tertiary/aromatic N) is 1. The first-order valence-electron chi connectivity index (χ1n) is 7.72. The molecule has 2 aromatic rings. The van der Waals surface area contributed by atoms with Gasteiger partial charge in [0.05, 0.1) is 0 Å². The number of fused-ring (bicyclic) bond motifs is 1. The smallest absolute Gasteiger partial charge is 0.0483 e. The summed E-state index contributed by atoms with van der Waals surface area (Å²) in [6.07, 6.45) is 4.68. The van der Waals surface area contributed by atoms with Crippen LogP contribution < -0.4 is 5.32 Å². The number of hydrogen-bond donors (Lipinski definition) is 1. The third kappa shape index (κ3) is 4.03. The van der Waals surface area contributed by atoms with Crippen molar-refractivity contribution in [2.24, 2.45) is 0 Å². The van der Waals surface area contributed by atoms with E-state index >= 15 is 0 Å². The Morgan fingerprint density at radius 1 is 1.20 bits per heavy atom. The van der Waals surface area contributed by atoms with Gasteiger partial charge in [0.2, 0.25) is 0 Å². The minimum absolute atomic E-state index is 0.973. The predicted octanol–water partition coefficient (Wildman–Crippen LogP) is 4.28. The summed E-state index contributed by atoms with van der Waals surface area (Å²) in [5.74, 6) is 2.48. The Morgan fingerprint density at radius 2 is 2.10 bits per heavy atom. The van der Waals surface area contributed by atoms with E-state index in [1.54, 1.807) is 0 Å². The summed E-state index contributed by atoms with van der Waals surface area (Å²) in [5.41, 5.74) is 2.79. The van der Waals surface area contributed by atoms with Gasteiger partial charge in [0.25, 0.3) is 0 Å². The van der Waals surface area contributed by atoms with Gasteiger partial charge in [-0.15, -0.1) is 0 Å². The molecule has 0 spiro atoms. The van der Waals surface area contributed by atoms with Gasteiger partial charge in [0, 0.05) is 30.2 Å². The van der Waals surface area contributed by atoms with Crippen LogP contribution in [0.2, 0.25) is 0 Å². The Labute approximate surface area is 126 Å². The van der Waals surface area contributed by atoms with Gasteiger partial charge in [-0.05, 0) is 48.6 Å². The van der Waals surface area contributed by atoms with Gasteiger partial charge in [-0.25, -0.2) is 0 Å². The SMILES string of the molecule is CCCNCc1cccc2c1ccn2CCCSCC. The van der Waals surface area contributed by atoms with Crippen LogP contribution >= 0.6 is 11.8 Å². The maximum absolute atomic E-state index is 3.50. The van der Waals surface area contributed by atoms with Gasteiger partial charge in [-0.2, -0.15) is 11.8 Å². The molecule has 2 nitrogen and oxygen atoms in total. The molecular formula is C17H26N2S. The highest BCUT2D eigenvalue weighted by atomic mass is 32.2. The third-order valence-corrected chi connectivity index (χ3v) is 4.52. The standard InChI is InChI=1S/C17H26N2S/c1-3-10-18-14-15-7-5-8-17-16(15)9-12-19(17)11-6-13-20-4-2/h5,7-9,12,18H,3-4,6,10-11,13-14H2,1-2H3. The van der Waals surface area contributed by atoms with Crippen LogP contribution in [0.3, 0.4) is 0 Å². The lowest BCUT2D eigenvalue weighted by atomic mass is 10.1. The molecule has 0 fully saturated rings. The highest BCUT2D eigenvalue weighted by molar-refractivity contribution is 7.99. The number of aromatic nitrogens is 1. The number of benzene rings is 1. The van der Waals surface area contributed by atoms with Crippen LogP contribution in [-0.2, 0) is 13.1 Å². The van der Waals surface area contributed by atoms with E-state index in [9.17, 15) is 0 Å². The number of nitrogens with one attached hydrogen (secondary N) is 1. The summed E-state index contributed by atoms with van der Waals surface area (Å²) in [5, 5.41) is 4.90. The molecular weight excluding hydrogens is 264 g/mol. The van der Waals surface area contributed by atoms with E-state index in [1.807, 2.05) is 11.8 Å². The summed E-state index contributed by atoms with van der Waals surface area (Å²) in [7, 11) is 0. The highest BCUT2D eigenvalue weighted by Gasteiger charge is 2.05. The molecule has 0 bridgehead atoms. The van der Waals surface area contributed by atoms with Crippen LogP contribution in [0, 0.1) is 0 Å². The minimum atomic E-state index is 0.973. The van der Waals surface area contributed by atoms with E-state index in [1.165, 1.54) is 40.8 Å². The van der Waals surface area contributed by atoms with Gasteiger partial charge in [-0.1, -0.05) is 26.0 Å². The van der Waals surface area contributed by atoms with Gasteiger partial charge in [0.1, 0.15) is 0 Å². The van der Waals surface area contributed by atoms with Crippen molar-refractivity contribution < 1.29 is 0 Å². The van der Waals surface area contributed by atoms with Crippen molar-refractivity contribution in [1.29, 1.82) is 0 Å². The Hall–Kier alpha value is -0.930. The molecule has 1 heterocycles. The molecule has 110 valence electrons. The van der Waals surface area contributed by atoms with Crippen molar-refractivity contribution in [3.63, 3.8) is 0 Å². The summed E-state index contributed by atoms with van der Waals surface area (Å²) in [6.45, 7) is 7.62. The van der Waals surface area contributed by atoms with E-state index in [2.05, 4.69) is 54.2 Å². The second-order valence-electron chi connectivity index (χ2n) is 5.09. The lowest BCUT2D eigenvalue weighted by Crippen LogP contribution is -2.13. The zero-order valence-corrected chi connectivity index (χ0v) is 13.5. The summed E-state index contributed by atoms with van der Waals surface area (Å²) in [6, 6.07) is 8.93. The largest absolute Gasteiger partial charge is 0.347 e. The van der Waals surface area contributed by atoms with Gasteiger partial charge in [-0.3, -0.25) is 0 Å². The van der Waals surface area contributed by atoms with E-state index in [0.717, 1.165) is 19.6 Å². The molecule has 1 aromatic carbocycles. The Bertz CT molecular complexity index is 519. The molecule has 0 aliphatic heterocycles. The lowest BCUT2D eigenvalue weighted by Gasteiger charge is -2.08. The molecule has 0 amide bonds. The molecule has 0 aliphatic rings. The van der Waals surface area contributed by atoms with Crippen molar-refractivity contribution in [3.05, 3.63) is 36.0 Å². The molecule has 0 unspecified atom stereocenters. The molecule has 1 aromatic heterocycles. The monoisotopic (exact) mass is 290 g/mol. The molecule has 0 saturated carbocycles. The van der Waals surface area contributed by atoms with Crippen LogP contribution in [0.4, 0.5) is 0 Å². The van der Waals surface area contributed by atoms with E-state index in [4.69, 9.17) is 0 Å². The third-order valence-electron chi connectivity index (χ3n) is 3.54. The van der Waals surface area contributed by atoms with Crippen LogP contribution in [0.15, 0.2) is 30.5 Å². The van der Waals surface area contributed by atoms with E-state index in [0.29, 0.717) is 0 Å². The molecule has 2 rings (SSSR count). The Balaban J connectivity index is 2.04. The van der Waals surface area contributed by atoms with Crippen LogP contribution in [0.5, 0.6) is 0 Å². The number of hydrogen-bond acceptors (Lipinski definition) is 2. The normalized spacial score (nSPS) is 11.3. The summed E-state index contributed by atoms with van der Waals surface area (Å²) in [4.78, 5) is 0. The first-order valence-corrected chi connectivity index (χ1v) is 8.87. The molecule has 3 heteroatoms. The molecule has 1 N–H and O–H groups in total.